The van der Waals surface area contributed by atoms with Crippen molar-refractivity contribution in [3.63, 3.8) is 0 Å². The summed E-state index contributed by atoms with van der Waals surface area (Å²) in [7, 11) is -3.60. The molecule has 1 saturated heterocycles. The molecule has 2 heterocycles. The number of carbonyl (C=O) groups is 1. The predicted molar refractivity (Wildman–Crippen MR) is 146 cm³/mol. The van der Waals surface area contributed by atoms with Crippen molar-refractivity contribution in [2.45, 2.75) is 31.6 Å². The summed E-state index contributed by atoms with van der Waals surface area (Å²) in [5, 5.41) is 4.11. The molecule has 0 atom stereocenters. The van der Waals surface area contributed by atoms with E-state index in [-0.39, 0.29) is 17.2 Å². The van der Waals surface area contributed by atoms with E-state index in [2.05, 4.69) is 31.3 Å². The van der Waals surface area contributed by atoms with Crippen LogP contribution in [0.4, 0.5) is 5.69 Å². The van der Waals surface area contributed by atoms with Crippen LogP contribution in [0.25, 0.3) is 20.8 Å². The number of thiazole rings is 1. The number of nitrogens with zero attached hydrogens (tertiary/aromatic N) is 2. The SMILES string of the molecule is Cc1ccc2nc(-c3ccc(NCC(=O)c4cccc(S(=O)(=O)N5CCC(C)CC5)c4)cc3)sc2c1. The highest BCUT2D eigenvalue weighted by Gasteiger charge is 2.28. The highest BCUT2D eigenvalue weighted by Crippen LogP contribution is 2.31. The molecule has 36 heavy (non-hydrogen) atoms. The molecule has 1 aromatic heterocycles. The first-order chi connectivity index (χ1) is 17.3. The van der Waals surface area contributed by atoms with Crippen LogP contribution in [0.5, 0.6) is 0 Å². The molecule has 8 heteroatoms. The monoisotopic (exact) mass is 519 g/mol. The van der Waals surface area contributed by atoms with Gasteiger partial charge in [0.25, 0.3) is 0 Å². The number of sulfonamides is 1. The Balaban J connectivity index is 1.24. The van der Waals surface area contributed by atoms with Crippen molar-refractivity contribution in [1.82, 2.24) is 9.29 Å². The zero-order chi connectivity index (χ0) is 25.3. The predicted octanol–water partition coefficient (Wildman–Crippen LogP) is 5.99. The Hall–Kier alpha value is -3.07. The molecule has 0 unspecified atom stereocenters. The Morgan fingerprint density at radius 1 is 1.06 bits per heavy atom. The van der Waals surface area contributed by atoms with E-state index < -0.39 is 10.0 Å². The highest BCUT2D eigenvalue weighted by molar-refractivity contribution is 7.89. The van der Waals surface area contributed by atoms with Crippen molar-refractivity contribution in [2.24, 2.45) is 5.92 Å². The zero-order valence-corrected chi connectivity index (χ0v) is 22.0. The van der Waals surface area contributed by atoms with Crippen molar-refractivity contribution < 1.29 is 13.2 Å². The summed E-state index contributed by atoms with van der Waals surface area (Å²) in [6, 6.07) is 20.5. The third-order valence-corrected chi connectivity index (χ3v) is 9.63. The molecule has 0 radical (unpaired) electrons. The number of rotatable bonds is 7. The van der Waals surface area contributed by atoms with Gasteiger partial charge in [-0.15, -0.1) is 11.3 Å². The minimum atomic E-state index is -3.60. The molecule has 0 amide bonds. The first kappa shape index (κ1) is 24.6. The lowest BCUT2D eigenvalue weighted by Gasteiger charge is -2.29. The number of aromatic nitrogens is 1. The van der Waals surface area contributed by atoms with Crippen LogP contribution < -0.4 is 5.32 Å². The molecule has 1 N–H and O–H groups in total. The lowest BCUT2D eigenvalue weighted by atomic mass is 10.0. The maximum atomic E-state index is 13.1. The van der Waals surface area contributed by atoms with Gasteiger partial charge < -0.3 is 5.32 Å². The molecule has 0 saturated carbocycles. The average molecular weight is 520 g/mol. The van der Waals surface area contributed by atoms with E-state index in [1.165, 1.54) is 15.9 Å². The van der Waals surface area contributed by atoms with E-state index in [9.17, 15) is 13.2 Å². The maximum Gasteiger partial charge on any atom is 0.243 e. The van der Waals surface area contributed by atoms with E-state index in [0.29, 0.717) is 24.6 Å². The van der Waals surface area contributed by atoms with E-state index in [0.717, 1.165) is 39.3 Å². The van der Waals surface area contributed by atoms with Crippen LogP contribution in [-0.2, 0) is 10.0 Å². The van der Waals surface area contributed by atoms with Gasteiger partial charge in [-0.3, -0.25) is 4.79 Å². The summed E-state index contributed by atoms with van der Waals surface area (Å²) in [5.41, 5.74) is 4.43. The summed E-state index contributed by atoms with van der Waals surface area (Å²) in [6.07, 6.45) is 1.72. The minimum absolute atomic E-state index is 0.0739. The smallest absolute Gasteiger partial charge is 0.243 e. The topological polar surface area (TPSA) is 79.4 Å². The summed E-state index contributed by atoms with van der Waals surface area (Å²) in [5.74, 6) is 0.375. The zero-order valence-electron chi connectivity index (χ0n) is 20.4. The van der Waals surface area contributed by atoms with E-state index in [1.54, 1.807) is 29.5 Å². The van der Waals surface area contributed by atoms with Gasteiger partial charge in [0.05, 0.1) is 21.7 Å². The quantitative estimate of drug-likeness (QED) is 0.304. The summed E-state index contributed by atoms with van der Waals surface area (Å²) in [4.78, 5) is 17.8. The number of aryl methyl sites for hydroxylation is 1. The van der Waals surface area contributed by atoms with Gasteiger partial charge in [0.2, 0.25) is 10.0 Å². The number of ketones is 1. The average Bonchev–Trinajstić information content (AvgIpc) is 3.31. The molecule has 6 nitrogen and oxygen atoms in total. The molecule has 3 aromatic carbocycles. The fourth-order valence-corrected chi connectivity index (χ4v) is 6.96. The van der Waals surface area contributed by atoms with Crippen molar-refractivity contribution in [1.29, 1.82) is 0 Å². The normalized spacial score (nSPS) is 15.3. The Morgan fingerprint density at radius 2 is 1.81 bits per heavy atom. The molecule has 186 valence electrons. The fourth-order valence-electron chi connectivity index (χ4n) is 4.37. The molecule has 1 fully saturated rings. The highest BCUT2D eigenvalue weighted by atomic mass is 32.2. The summed E-state index contributed by atoms with van der Waals surface area (Å²) >= 11 is 1.66. The molecule has 0 bridgehead atoms. The van der Waals surface area contributed by atoms with Gasteiger partial charge in [0, 0.05) is 29.9 Å². The Labute approximate surface area is 216 Å². The molecule has 1 aliphatic heterocycles. The number of piperidine rings is 1. The number of hydrogen-bond donors (Lipinski definition) is 1. The van der Waals surface area contributed by atoms with Crippen LogP contribution in [0.15, 0.2) is 71.6 Å². The Bertz CT molecular complexity index is 1500. The Morgan fingerprint density at radius 3 is 2.56 bits per heavy atom. The number of benzene rings is 3. The van der Waals surface area contributed by atoms with Gasteiger partial charge >= 0.3 is 0 Å². The van der Waals surface area contributed by atoms with Gasteiger partial charge in [-0.25, -0.2) is 13.4 Å². The second-order valence-electron chi connectivity index (χ2n) is 9.46. The molecular weight excluding hydrogens is 490 g/mol. The van der Waals surface area contributed by atoms with E-state index in [4.69, 9.17) is 4.98 Å². The first-order valence-electron chi connectivity index (χ1n) is 12.1. The van der Waals surface area contributed by atoms with Gasteiger partial charge in [-0.05, 0) is 79.8 Å². The molecule has 0 aliphatic carbocycles. The fraction of sp³-hybridized carbons (Fsp3) is 0.286. The Kier molecular flexibility index (Phi) is 6.92. The summed E-state index contributed by atoms with van der Waals surface area (Å²) in [6.45, 7) is 5.34. The lowest BCUT2D eigenvalue weighted by molar-refractivity contribution is 0.101. The number of carbonyl (C=O) groups excluding carboxylic acids is 1. The van der Waals surface area contributed by atoms with Crippen LogP contribution in [0.3, 0.4) is 0 Å². The van der Waals surface area contributed by atoms with Crippen LogP contribution in [-0.4, -0.2) is 43.1 Å². The number of anilines is 1. The van der Waals surface area contributed by atoms with Crippen molar-refractivity contribution in [3.8, 4) is 10.6 Å². The van der Waals surface area contributed by atoms with Crippen molar-refractivity contribution >= 4 is 43.0 Å². The van der Waals surface area contributed by atoms with Gasteiger partial charge in [-0.1, -0.05) is 25.1 Å². The third kappa shape index (κ3) is 5.21. The van der Waals surface area contributed by atoms with Crippen LogP contribution in [0.1, 0.15) is 35.7 Å². The second kappa shape index (κ2) is 10.1. The number of hydrogen-bond acceptors (Lipinski definition) is 6. The standard InChI is InChI=1S/C28H29N3O3S2/c1-19-12-14-31(15-13-19)36(33,34)24-5-3-4-22(17-24)26(32)18-29-23-9-7-21(8-10-23)28-30-25-11-6-20(2)16-27(25)35-28/h3-11,16-17,19,29H,12-15,18H2,1-2H3. The van der Waals surface area contributed by atoms with Gasteiger partial charge in [0.15, 0.2) is 5.78 Å². The van der Waals surface area contributed by atoms with Crippen LogP contribution >= 0.6 is 11.3 Å². The largest absolute Gasteiger partial charge is 0.378 e. The minimum Gasteiger partial charge on any atom is -0.378 e. The summed E-state index contributed by atoms with van der Waals surface area (Å²) < 4.78 is 28.8. The van der Waals surface area contributed by atoms with Crippen molar-refractivity contribution in [3.05, 3.63) is 77.9 Å². The molecule has 0 spiro atoms. The van der Waals surface area contributed by atoms with Gasteiger partial charge in [0.1, 0.15) is 5.01 Å². The van der Waals surface area contributed by atoms with Crippen LogP contribution in [0, 0.1) is 12.8 Å². The number of Topliss-reactive ketones (excluding diaryl/α,β-unsaturated/α-hetero) is 1. The maximum absolute atomic E-state index is 13.1. The van der Waals surface area contributed by atoms with Gasteiger partial charge in [-0.2, -0.15) is 4.31 Å². The molecular formula is C28H29N3O3S2. The van der Waals surface area contributed by atoms with Crippen molar-refractivity contribution in [2.75, 3.05) is 25.0 Å². The second-order valence-corrected chi connectivity index (χ2v) is 12.4. The van der Waals surface area contributed by atoms with E-state index in [1.807, 2.05) is 30.3 Å². The molecule has 4 aromatic rings. The van der Waals surface area contributed by atoms with E-state index >= 15 is 0 Å². The lowest BCUT2D eigenvalue weighted by Crippen LogP contribution is -2.37. The number of fused-ring (bicyclic) bond motifs is 1. The molecule has 1 aliphatic rings. The third-order valence-electron chi connectivity index (χ3n) is 6.67. The first-order valence-corrected chi connectivity index (χ1v) is 14.4. The molecule has 5 rings (SSSR count). The number of nitrogens with one attached hydrogen (secondary N) is 1. The van der Waals surface area contributed by atoms with Crippen LogP contribution in [0.2, 0.25) is 0 Å².